The van der Waals surface area contributed by atoms with Crippen molar-refractivity contribution < 1.29 is 5.11 Å². The standard InChI is InChI=1S/C22H24N2OS/c25-20-12-16-6-3-5-15(16)11-18(20)14-24-10-4-7-17(13-24)22-23-19-8-1-2-9-21(19)26-22/h1-2,8-9,11-12,17,25H,3-7,10,13-14H2/t17-/m0/s1. The largest absolute Gasteiger partial charge is 0.508 e. The Labute approximate surface area is 158 Å². The SMILES string of the molecule is Oc1cc2c(cc1CN1CCC[C@H](c3nc4ccccc4s3)C1)CCC2. The molecule has 26 heavy (non-hydrogen) atoms. The number of phenols is 1. The molecule has 1 atom stereocenters. The molecule has 3 aromatic rings. The van der Waals surface area contributed by atoms with Crippen molar-refractivity contribution in [2.75, 3.05) is 13.1 Å². The summed E-state index contributed by atoms with van der Waals surface area (Å²) in [6, 6.07) is 12.7. The summed E-state index contributed by atoms with van der Waals surface area (Å²) < 4.78 is 1.29. The maximum Gasteiger partial charge on any atom is 0.120 e. The number of likely N-dealkylation sites (tertiary alicyclic amines) is 1. The van der Waals surface area contributed by atoms with E-state index in [4.69, 9.17) is 4.98 Å². The van der Waals surface area contributed by atoms with E-state index in [9.17, 15) is 5.11 Å². The Morgan fingerprint density at radius 1 is 1.12 bits per heavy atom. The summed E-state index contributed by atoms with van der Waals surface area (Å²) >= 11 is 1.84. The van der Waals surface area contributed by atoms with E-state index < -0.39 is 0 Å². The van der Waals surface area contributed by atoms with Crippen LogP contribution < -0.4 is 0 Å². The number of benzene rings is 2. The van der Waals surface area contributed by atoms with Gasteiger partial charge in [0.2, 0.25) is 0 Å². The van der Waals surface area contributed by atoms with Gasteiger partial charge in [0.25, 0.3) is 0 Å². The van der Waals surface area contributed by atoms with Crippen LogP contribution in [0.5, 0.6) is 5.75 Å². The highest BCUT2D eigenvalue weighted by molar-refractivity contribution is 7.18. The van der Waals surface area contributed by atoms with Gasteiger partial charge in [-0.15, -0.1) is 11.3 Å². The van der Waals surface area contributed by atoms with E-state index in [2.05, 4.69) is 35.2 Å². The van der Waals surface area contributed by atoms with Crippen molar-refractivity contribution >= 4 is 21.6 Å². The fraction of sp³-hybridized carbons (Fsp3) is 0.409. The molecule has 1 fully saturated rings. The molecule has 1 aromatic heterocycles. The minimum absolute atomic E-state index is 0.479. The van der Waals surface area contributed by atoms with Gasteiger partial charge in [0.05, 0.1) is 15.2 Å². The molecule has 134 valence electrons. The minimum atomic E-state index is 0.479. The van der Waals surface area contributed by atoms with Crippen molar-refractivity contribution in [1.82, 2.24) is 9.88 Å². The third-order valence-corrected chi connectivity index (χ3v) is 7.05. The summed E-state index contributed by atoms with van der Waals surface area (Å²) in [7, 11) is 0. The number of hydrogen-bond acceptors (Lipinski definition) is 4. The predicted molar refractivity (Wildman–Crippen MR) is 107 cm³/mol. The fourth-order valence-corrected chi connectivity index (χ4v) is 5.59. The van der Waals surface area contributed by atoms with Gasteiger partial charge in [0.1, 0.15) is 5.75 Å². The van der Waals surface area contributed by atoms with E-state index >= 15 is 0 Å². The zero-order valence-electron chi connectivity index (χ0n) is 14.9. The number of hydrogen-bond donors (Lipinski definition) is 1. The molecule has 0 radical (unpaired) electrons. The molecular formula is C22H24N2OS. The van der Waals surface area contributed by atoms with Crippen LogP contribution in [0.4, 0.5) is 0 Å². The Morgan fingerprint density at radius 3 is 2.85 bits per heavy atom. The summed E-state index contributed by atoms with van der Waals surface area (Å²) in [6.45, 7) is 2.99. The molecule has 0 bridgehead atoms. The molecule has 1 aliphatic carbocycles. The van der Waals surface area contributed by atoms with E-state index in [-0.39, 0.29) is 0 Å². The van der Waals surface area contributed by atoms with Crippen molar-refractivity contribution in [3.8, 4) is 5.75 Å². The molecule has 2 aromatic carbocycles. The lowest BCUT2D eigenvalue weighted by molar-refractivity contribution is 0.198. The second kappa shape index (κ2) is 6.67. The first kappa shape index (κ1) is 16.3. The molecule has 0 spiro atoms. The van der Waals surface area contributed by atoms with Crippen LogP contribution in [0.3, 0.4) is 0 Å². The van der Waals surface area contributed by atoms with Crippen LogP contribution in [0, 0.1) is 0 Å². The Kier molecular flexibility index (Phi) is 4.18. The first-order valence-electron chi connectivity index (χ1n) is 9.68. The molecule has 1 N–H and O–H groups in total. The van der Waals surface area contributed by atoms with Gasteiger partial charge in [0, 0.05) is 24.6 Å². The monoisotopic (exact) mass is 364 g/mol. The van der Waals surface area contributed by atoms with Gasteiger partial charge in [-0.25, -0.2) is 4.98 Å². The normalized spacial score (nSPS) is 20.5. The van der Waals surface area contributed by atoms with Gasteiger partial charge < -0.3 is 5.11 Å². The van der Waals surface area contributed by atoms with Crippen LogP contribution in [0.1, 0.15) is 46.9 Å². The average molecular weight is 365 g/mol. The van der Waals surface area contributed by atoms with Gasteiger partial charge >= 0.3 is 0 Å². The lowest BCUT2D eigenvalue weighted by atomic mass is 9.97. The molecule has 5 rings (SSSR count). The average Bonchev–Trinajstić information content (AvgIpc) is 3.28. The number of rotatable bonds is 3. The van der Waals surface area contributed by atoms with E-state index in [0.717, 1.165) is 43.6 Å². The summed E-state index contributed by atoms with van der Waals surface area (Å²) in [6.07, 6.45) is 5.92. The van der Waals surface area contributed by atoms with Gasteiger partial charge in [-0.3, -0.25) is 4.90 Å². The van der Waals surface area contributed by atoms with Crippen molar-refractivity contribution in [2.24, 2.45) is 0 Å². The first-order valence-corrected chi connectivity index (χ1v) is 10.5. The molecule has 3 nitrogen and oxygen atoms in total. The second-order valence-electron chi connectivity index (χ2n) is 7.70. The molecule has 0 amide bonds. The minimum Gasteiger partial charge on any atom is -0.508 e. The molecule has 2 heterocycles. The van der Waals surface area contributed by atoms with Crippen LogP contribution in [-0.2, 0) is 19.4 Å². The lowest BCUT2D eigenvalue weighted by Crippen LogP contribution is -2.33. The smallest absolute Gasteiger partial charge is 0.120 e. The number of para-hydroxylation sites is 1. The number of piperidine rings is 1. The topological polar surface area (TPSA) is 36.4 Å². The maximum absolute atomic E-state index is 10.4. The highest BCUT2D eigenvalue weighted by Gasteiger charge is 2.25. The lowest BCUT2D eigenvalue weighted by Gasteiger charge is -2.32. The summed E-state index contributed by atoms with van der Waals surface area (Å²) in [4.78, 5) is 7.38. The second-order valence-corrected chi connectivity index (χ2v) is 8.76. The van der Waals surface area contributed by atoms with Crippen molar-refractivity contribution in [2.45, 2.75) is 44.6 Å². The molecule has 4 heteroatoms. The molecule has 1 aliphatic heterocycles. The van der Waals surface area contributed by atoms with Crippen LogP contribution >= 0.6 is 11.3 Å². The van der Waals surface area contributed by atoms with Gasteiger partial charge in [0.15, 0.2) is 0 Å². The Morgan fingerprint density at radius 2 is 1.96 bits per heavy atom. The van der Waals surface area contributed by atoms with E-state index in [1.807, 2.05) is 17.4 Å². The third-order valence-electron chi connectivity index (χ3n) is 5.85. The third kappa shape index (κ3) is 3.01. The summed E-state index contributed by atoms with van der Waals surface area (Å²) in [5, 5.41) is 11.7. The number of aromatic nitrogens is 1. The molecule has 2 aliphatic rings. The fourth-order valence-electron chi connectivity index (χ4n) is 4.50. The van der Waals surface area contributed by atoms with E-state index in [0.29, 0.717) is 11.7 Å². The highest BCUT2D eigenvalue weighted by atomic mass is 32.1. The number of aryl methyl sites for hydroxylation is 2. The van der Waals surface area contributed by atoms with Gasteiger partial charge in [-0.1, -0.05) is 18.2 Å². The number of fused-ring (bicyclic) bond motifs is 2. The van der Waals surface area contributed by atoms with Crippen molar-refractivity contribution in [3.63, 3.8) is 0 Å². The van der Waals surface area contributed by atoms with Gasteiger partial charge in [-0.2, -0.15) is 0 Å². The van der Waals surface area contributed by atoms with Crippen LogP contribution in [0.25, 0.3) is 10.2 Å². The maximum atomic E-state index is 10.4. The first-order chi connectivity index (χ1) is 12.8. The Balaban J connectivity index is 1.34. The molecular weight excluding hydrogens is 340 g/mol. The zero-order valence-corrected chi connectivity index (χ0v) is 15.8. The predicted octanol–water partition coefficient (Wildman–Crippen LogP) is 4.87. The quantitative estimate of drug-likeness (QED) is 0.720. The summed E-state index contributed by atoms with van der Waals surface area (Å²) in [5.41, 5.74) is 5.01. The number of phenolic OH excluding ortho intramolecular Hbond substituents is 1. The summed E-state index contributed by atoms with van der Waals surface area (Å²) in [5.74, 6) is 0.991. The highest BCUT2D eigenvalue weighted by Crippen LogP contribution is 2.35. The van der Waals surface area contributed by atoms with Crippen molar-refractivity contribution in [1.29, 1.82) is 0 Å². The van der Waals surface area contributed by atoms with Gasteiger partial charge in [-0.05, 0) is 68.0 Å². The van der Waals surface area contributed by atoms with E-state index in [1.165, 1.54) is 40.1 Å². The van der Waals surface area contributed by atoms with Crippen LogP contribution in [0.2, 0.25) is 0 Å². The van der Waals surface area contributed by atoms with Crippen molar-refractivity contribution in [3.05, 3.63) is 58.1 Å². The number of nitrogens with zero attached hydrogens (tertiary/aromatic N) is 2. The van der Waals surface area contributed by atoms with Crippen LogP contribution in [0.15, 0.2) is 36.4 Å². The number of thiazole rings is 1. The Bertz CT molecular complexity index is 915. The van der Waals surface area contributed by atoms with E-state index in [1.54, 1.807) is 0 Å². The Hall–Kier alpha value is -1.91. The molecule has 0 unspecified atom stereocenters. The molecule has 0 saturated carbocycles. The molecule has 1 saturated heterocycles. The van der Waals surface area contributed by atoms with Crippen LogP contribution in [-0.4, -0.2) is 28.1 Å². The number of aromatic hydroxyl groups is 1. The zero-order chi connectivity index (χ0) is 17.5.